The lowest BCUT2D eigenvalue weighted by Crippen LogP contribution is -2.39. The highest BCUT2D eigenvalue weighted by atomic mass is 32.2. The normalized spacial score (nSPS) is 10.8. The molecule has 0 aliphatic rings. The molecule has 0 saturated heterocycles. The first-order chi connectivity index (χ1) is 11.5. The molecule has 24 heavy (non-hydrogen) atoms. The van der Waals surface area contributed by atoms with Gasteiger partial charge in [-0.3, -0.25) is 10.9 Å². The van der Waals surface area contributed by atoms with Gasteiger partial charge in [-0.2, -0.15) is 10.5 Å². The lowest BCUT2D eigenvalue weighted by atomic mass is 10.1. The molecule has 0 radical (unpaired) electrons. The van der Waals surface area contributed by atoms with Gasteiger partial charge >= 0.3 is 6.03 Å². The molecule has 1 unspecified atom stereocenters. The fraction of sp³-hybridized carbons (Fsp3) is 0.357. The van der Waals surface area contributed by atoms with Crippen LogP contribution in [0.3, 0.4) is 0 Å². The van der Waals surface area contributed by atoms with Gasteiger partial charge in [0.25, 0.3) is 0 Å². The molecule has 10 heteroatoms. The van der Waals surface area contributed by atoms with Crippen LogP contribution in [0.5, 0.6) is 5.75 Å². The summed E-state index contributed by atoms with van der Waals surface area (Å²) < 4.78 is 21.2. The average Bonchev–Trinajstić information content (AvgIpc) is 2.56. The van der Waals surface area contributed by atoms with Crippen LogP contribution in [0.1, 0.15) is 17.5 Å². The highest BCUT2D eigenvalue weighted by molar-refractivity contribution is 7.79. The Bertz CT molecular complexity index is 696. The second-order valence-corrected chi connectivity index (χ2v) is 5.42. The molecule has 1 aromatic carbocycles. The van der Waals surface area contributed by atoms with Crippen LogP contribution in [-0.4, -0.2) is 36.8 Å². The molecular weight excluding hydrogens is 334 g/mol. The van der Waals surface area contributed by atoms with E-state index in [0.29, 0.717) is 19.6 Å². The summed E-state index contributed by atoms with van der Waals surface area (Å²) in [5, 5.41) is 20.7. The lowest BCUT2D eigenvalue weighted by molar-refractivity contribution is 0.193. The molecule has 0 aliphatic carbocycles. The zero-order valence-electron chi connectivity index (χ0n) is 13.2. The summed E-state index contributed by atoms with van der Waals surface area (Å²) in [4.78, 5) is 11.6. The van der Waals surface area contributed by atoms with Crippen molar-refractivity contribution >= 4 is 22.8 Å². The number of carbonyl (C=O) groups is 1. The molecule has 128 valence electrons. The van der Waals surface area contributed by atoms with E-state index in [2.05, 4.69) is 16.2 Å². The second-order valence-electron chi connectivity index (χ2n) is 4.45. The number of benzene rings is 1. The van der Waals surface area contributed by atoms with Crippen molar-refractivity contribution in [3.05, 3.63) is 23.3 Å². The largest absolute Gasteiger partial charge is 0.398 e. The van der Waals surface area contributed by atoms with Crippen LogP contribution in [0.4, 0.5) is 10.5 Å². The Morgan fingerprint density at radius 1 is 1.29 bits per heavy atom. The number of rotatable bonds is 8. The van der Waals surface area contributed by atoms with Crippen LogP contribution < -0.4 is 20.4 Å². The number of urea groups is 1. The molecule has 1 rings (SSSR count). The van der Waals surface area contributed by atoms with Crippen molar-refractivity contribution in [2.75, 3.05) is 31.9 Å². The third-order valence-electron chi connectivity index (χ3n) is 2.69. The van der Waals surface area contributed by atoms with Crippen LogP contribution in [0.15, 0.2) is 12.1 Å². The maximum atomic E-state index is 11.6. The van der Waals surface area contributed by atoms with Gasteiger partial charge < -0.3 is 14.2 Å². The highest BCUT2D eigenvalue weighted by Gasteiger charge is 2.13. The van der Waals surface area contributed by atoms with Gasteiger partial charge in [0, 0.05) is 32.6 Å². The number of hydrazine groups is 1. The maximum Gasteiger partial charge on any atom is 0.333 e. The molecule has 0 aliphatic heterocycles. The summed E-state index contributed by atoms with van der Waals surface area (Å²) >= 11 is -1.64. The fourth-order valence-corrected chi connectivity index (χ4v) is 2.04. The van der Waals surface area contributed by atoms with E-state index in [4.69, 9.17) is 19.4 Å². The number of hydrogen-bond donors (Lipinski definition) is 3. The van der Waals surface area contributed by atoms with Gasteiger partial charge in [0.05, 0.1) is 16.8 Å². The van der Waals surface area contributed by atoms with Crippen molar-refractivity contribution in [2.24, 2.45) is 0 Å². The minimum atomic E-state index is -1.64. The molecule has 0 fully saturated rings. The van der Waals surface area contributed by atoms with Crippen molar-refractivity contribution in [2.45, 2.75) is 6.42 Å². The predicted octanol–water partition coefficient (Wildman–Crippen LogP) is 0.765. The molecule has 3 N–H and O–H groups in total. The summed E-state index contributed by atoms with van der Waals surface area (Å²) in [5.41, 5.74) is 5.31. The van der Waals surface area contributed by atoms with Crippen LogP contribution in [-0.2, 0) is 15.8 Å². The first kappa shape index (κ1) is 19.2. The molecule has 9 nitrogen and oxygen atoms in total. The Labute approximate surface area is 142 Å². The molecular formula is C14H17N5O4S. The van der Waals surface area contributed by atoms with E-state index < -0.39 is 17.1 Å². The molecule has 1 atom stereocenters. The summed E-state index contributed by atoms with van der Waals surface area (Å²) in [6.07, 6.45) is 1.96. The fourth-order valence-electron chi connectivity index (χ4n) is 1.64. The van der Waals surface area contributed by atoms with Gasteiger partial charge in [0.1, 0.15) is 12.1 Å². The molecule has 1 aromatic rings. The van der Waals surface area contributed by atoms with Crippen molar-refractivity contribution in [3.63, 3.8) is 0 Å². The van der Waals surface area contributed by atoms with Crippen molar-refractivity contribution in [1.29, 1.82) is 10.5 Å². The number of nitriles is 2. The van der Waals surface area contributed by atoms with E-state index in [1.165, 1.54) is 18.4 Å². The molecule has 0 spiro atoms. The van der Waals surface area contributed by atoms with Crippen LogP contribution in [0, 0.1) is 22.7 Å². The number of nitrogens with zero attached hydrogens (tertiary/aromatic N) is 2. The molecule has 0 saturated carbocycles. The minimum Gasteiger partial charge on any atom is -0.398 e. The van der Waals surface area contributed by atoms with E-state index >= 15 is 0 Å². The number of nitrogens with one attached hydrogen (secondary N) is 3. The number of methoxy groups -OCH3 is 1. The molecule has 0 heterocycles. The number of hydrogen-bond acceptors (Lipinski definition) is 7. The van der Waals surface area contributed by atoms with E-state index in [-0.39, 0.29) is 22.6 Å². The third-order valence-corrected chi connectivity index (χ3v) is 3.10. The van der Waals surface area contributed by atoms with E-state index in [9.17, 15) is 9.00 Å². The Morgan fingerprint density at radius 3 is 2.54 bits per heavy atom. The van der Waals surface area contributed by atoms with Gasteiger partial charge in [0.15, 0.2) is 5.75 Å². The first-order valence-corrected chi connectivity index (χ1v) is 8.29. The summed E-state index contributed by atoms with van der Waals surface area (Å²) in [6, 6.07) is 5.82. The number of amides is 2. The number of anilines is 1. The molecule has 2 amide bonds. The zero-order valence-corrected chi connectivity index (χ0v) is 14.0. The third kappa shape index (κ3) is 6.12. The predicted molar refractivity (Wildman–Crippen MR) is 87.2 cm³/mol. The Hall–Kier alpha value is -2.82. The van der Waals surface area contributed by atoms with Gasteiger partial charge in [-0.1, -0.05) is 0 Å². The first-order valence-electron chi connectivity index (χ1n) is 6.80. The second kappa shape index (κ2) is 10.0. The number of ether oxygens (including phenoxy) is 1. The summed E-state index contributed by atoms with van der Waals surface area (Å²) in [7, 11) is 1.57. The lowest BCUT2D eigenvalue weighted by Gasteiger charge is -2.14. The van der Waals surface area contributed by atoms with Gasteiger partial charge in [-0.05, 0) is 12.5 Å². The Kier molecular flexibility index (Phi) is 8.05. The monoisotopic (exact) mass is 351 g/mol. The van der Waals surface area contributed by atoms with E-state index in [1.54, 1.807) is 7.11 Å². The SMILES string of the molecule is COCCCNC(=O)NNc1cc(C#N)c(C#N)cc1OS(C)=O. The van der Waals surface area contributed by atoms with Crippen LogP contribution >= 0.6 is 0 Å². The zero-order chi connectivity index (χ0) is 17.9. The van der Waals surface area contributed by atoms with Crippen LogP contribution in [0.25, 0.3) is 0 Å². The molecule has 0 aromatic heterocycles. The minimum absolute atomic E-state index is 0.0751. The molecule has 0 bridgehead atoms. The standard InChI is InChI=1S/C14H17N5O4S/c1-22-5-3-4-17-14(20)19-18-12-6-10(8-15)11(9-16)7-13(12)23-24(2)21/h6-7,18H,3-5H2,1-2H3,(H2,17,19,20). The quantitative estimate of drug-likeness (QED) is 0.464. The van der Waals surface area contributed by atoms with Crippen molar-refractivity contribution in [1.82, 2.24) is 10.7 Å². The van der Waals surface area contributed by atoms with Crippen LogP contribution in [0.2, 0.25) is 0 Å². The van der Waals surface area contributed by atoms with Crippen molar-refractivity contribution in [3.8, 4) is 17.9 Å². The summed E-state index contributed by atoms with van der Waals surface area (Å²) in [6.45, 7) is 0.940. The van der Waals surface area contributed by atoms with Gasteiger partial charge in [0.2, 0.25) is 11.1 Å². The van der Waals surface area contributed by atoms with E-state index in [1.807, 2.05) is 12.1 Å². The number of carbonyl (C=O) groups excluding carboxylic acids is 1. The average molecular weight is 351 g/mol. The van der Waals surface area contributed by atoms with Gasteiger partial charge in [-0.15, -0.1) is 0 Å². The Balaban J connectivity index is 2.81. The highest BCUT2D eigenvalue weighted by Crippen LogP contribution is 2.28. The van der Waals surface area contributed by atoms with Crippen molar-refractivity contribution < 1.29 is 17.9 Å². The maximum absolute atomic E-state index is 11.6. The topological polar surface area (TPSA) is 136 Å². The Morgan fingerprint density at radius 2 is 1.96 bits per heavy atom. The van der Waals surface area contributed by atoms with Gasteiger partial charge in [-0.25, -0.2) is 9.00 Å². The van der Waals surface area contributed by atoms with E-state index in [0.717, 1.165) is 0 Å². The summed E-state index contributed by atoms with van der Waals surface area (Å²) in [5.74, 6) is 0.0751. The smallest absolute Gasteiger partial charge is 0.333 e.